The fraction of sp³-hybridized carbons (Fsp3) is 0.368. The molecule has 1 unspecified atom stereocenters. The minimum absolute atomic E-state index is 0.307. The number of hydrogen-bond acceptors (Lipinski definition) is 1. The third kappa shape index (κ3) is 4.60. The minimum Gasteiger partial charge on any atom is -0.496 e. The normalized spacial score (nSPS) is 12.4. The van der Waals surface area contributed by atoms with Crippen molar-refractivity contribution in [3.63, 3.8) is 0 Å². The van der Waals surface area contributed by atoms with Crippen LogP contribution < -0.4 is 4.74 Å². The lowest BCUT2D eigenvalue weighted by Gasteiger charge is -2.14. The molecule has 112 valence electrons. The Morgan fingerprint density at radius 2 is 1.62 bits per heavy atom. The molecule has 0 saturated heterocycles. The van der Waals surface area contributed by atoms with Crippen molar-refractivity contribution >= 4 is 15.9 Å². The molecule has 0 aliphatic carbocycles. The molecule has 1 atom stereocenters. The first-order valence-corrected chi connectivity index (χ1v) is 8.36. The van der Waals surface area contributed by atoms with Gasteiger partial charge in [0.2, 0.25) is 0 Å². The first kappa shape index (κ1) is 16.1. The van der Waals surface area contributed by atoms with Crippen molar-refractivity contribution in [2.45, 2.75) is 31.5 Å². The van der Waals surface area contributed by atoms with Crippen LogP contribution in [-0.4, -0.2) is 7.11 Å². The lowest BCUT2D eigenvalue weighted by Crippen LogP contribution is -1.99. The second kappa shape index (κ2) is 7.65. The molecule has 0 aromatic heterocycles. The van der Waals surface area contributed by atoms with Crippen LogP contribution in [0.2, 0.25) is 0 Å². The average molecular weight is 347 g/mol. The van der Waals surface area contributed by atoms with Gasteiger partial charge >= 0.3 is 0 Å². The summed E-state index contributed by atoms with van der Waals surface area (Å²) in [5, 5.41) is 0. The van der Waals surface area contributed by atoms with Crippen molar-refractivity contribution in [3.05, 3.63) is 65.2 Å². The summed E-state index contributed by atoms with van der Waals surface area (Å²) >= 11 is 3.81. The number of methoxy groups -OCH3 is 1. The van der Waals surface area contributed by atoms with Gasteiger partial charge in [0.25, 0.3) is 0 Å². The number of para-hydroxylation sites is 1. The van der Waals surface area contributed by atoms with Crippen molar-refractivity contribution < 1.29 is 4.74 Å². The molecule has 0 aliphatic heterocycles. The molecule has 0 saturated carbocycles. The van der Waals surface area contributed by atoms with Gasteiger partial charge in [0, 0.05) is 4.83 Å². The molecule has 1 nitrogen and oxygen atoms in total. The fourth-order valence-electron chi connectivity index (χ4n) is 2.52. The van der Waals surface area contributed by atoms with Crippen LogP contribution in [0, 0.1) is 5.92 Å². The Bertz CT molecular complexity index is 560. The Balaban J connectivity index is 2.07. The van der Waals surface area contributed by atoms with E-state index < -0.39 is 0 Å². The summed E-state index contributed by atoms with van der Waals surface area (Å²) in [6.07, 6.45) is 2.06. The van der Waals surface area contributed by atoms with Crippen LogP contribution in [0.1, 0.15) is 35.4 Å². The summed E-state index contributed by atoms with van der Waals surface area (Å²) in [6, 6.07) is 17.1. The van der Waals surface area contributed by atoms with Gasteiger partial charge in [-0.2, -0.15) is 0 Å². The van der Waals surface area contributed by atoms with Crippen molar-refractivity contribution in [2.24, 2.45) is 5.92 Å². The first-order chi connectivity index (χ1) is 10.1. The van der Waals surface area contributed by atoms with E-state index in [-0.39, 0.29) is 0 Å². The van der Waals surface area contributed by atoms with Gasteiger partial charge < -0.3 is 4.74 Å². The highest BCUT2D eigenvalue weighted by Crippen LogP contribution is 2.31. The lowest BCUT2D eigenvalue weighted by atomic mass is 9.99. The summed E-state index contributed by atoms with van der Waals surface area (Å²) in [6.45, 7) is 4.51. The van der Waals surface area contributed by atoms with Gasteiger partial charge in [0.1, 0.15) is 5.75 Å². The number of alkyl halides is 1. The van der Waals surface area contributed by atoms with Crippen molar-refractivity contribution in [2.75, 3.05) is 7.11 Å². The van der Waals surface area contributed by atoms with Gasteiger partial charge in [-0.3, -0.25) is 0 Å². The highest BCUT2D eigenvalue weighted by molar-refractivity contribution is 9.09. The molecule has 2 aromatic rings. The monoisotopic (exact) mass is 346 g/mol. The van der Waals surface area contributed by atoms with Crippen LogP contribution in [0.15, 0.2) is 48.5 Å². The van der Waals surface area contributed by atoms with Gasteiger partial charge in [-0.05, 0) is 41.5 Å². The Kier molecular flexibility index (Phi) is 5.86. The standard InChI is InChI=1S/C19H23BrO/c1-14(2)12-15-8-10-16(11-9-15)18(20)13-17-6-4-5-7-19(17)21-3/h4-11,14,18H,12-13H2,1-3H3. The molecule has 0 heterocycles. The van der Waals surface area contributed by atoms with E-state index in [0.717, 1.165) is 18.6 Å². The predicted octanol–water partition coefficient (Wildman–Crippen LogP) is 5.57. The highest BCUT2D eigenvalue weighted by atomic mass is 79.9. The topological polar surface area (TPSA) is 9.23 Å². The van der Waals surface area contributed by atoms with Crippen molar-refractivity contribution in [1.29, 1.82) is 0 Å². The third-order valence-corrected chi connectivity index (χ3v) is 4.43. The number of ether oxygens (including phenoxy) is 1. The van der Waals surface area contributed by atoms with Gasteiger partial charge in [-0.15, -0.1) is 0 Å². The summed E-state index contributed by atoms with van der Waals surface area (Å²) in [5.74, 6) is 1.66. The fourth-order valence-corrected chi connectivity index (χ4v) is 3.17. The maximum atomic E-state index is 5.42. The SMILES string of the molecule is COc1ccccc1CC(Br)c1ccc(CC(C)C)cc1. The third-order valence-electron chi connectivity index (χ3n) is 3.58. The van der Waals surface area contributed by atoms with Gasteiger partial charge in [0.05, 0.1) is 7.11 Å². The Morgan fingerprint density at radius 3 is 2.24 bits per heavy atom. The smallest absolute Gasteiger partial charge is 0.122 e. The molecular weight excluding hydrogens is 324 g/mol. The van der Waals surface area contributed by atoms with E-state index in [0.29, 0.717) is 10.7 Å². The van der Waals surface area contributed by atoms with Crippen LogP contribution in [0.5, 0.6) is 5.75 Å². The summed E-state index contributed by atoms with van der Waals surface area (Å²) in [5.41, 5.74) is 3.95. The predicted molar refractivity (Wildman–Crippen MR) is 93.4 cm³/mol. The number of rotatable bonds is 6. The van der Waals surface area contributed by atoms with Crippen LogP contribution in [0.4, 0.5) is 0 Å². The molecule has 0 amide bonds. The zero-order chi connectivity index (χ0) is 15.2. The van der Waals surface area contributed by atoms with E-state index in [1.165, 1.54) is 16.7 Å². The molecule has 2 heteroatoms. The molecule has 2 rings (SSSR count). The lowest BCUT2D eigenvalue weighted by molar-refractivity contribution is 0.409. The van der Waals surface area contributed by atoms with Gasteiger partial charge in [-0.1, -0.05) is 72.2 Å². The van der Waals surface area contributed by atoms with Crippen molar-refractivity contribution in [3.8, 4) is 5.75 Å². The van der Waals surface area contributed by atoms with E-state index in [2.05, 4.69) is 66.2 Å². The van der Waals surface area contributed by atoms with E-state index >= 15 is 0 Å². The molecule has 0 fully saturated rings. The molecule has 2 aromatic carbocycles. The molecule has 0 aliphatic rings. The maximum Gasteiger partial charge on any atom is 0.122 e. The summed E-state index contributed by atoms with van der Waals surface area (Å²) in [7, 11) is 1.72. The first-order valence-electron chi connectivity index (χ1n) is 7.45. The molecule has 0 bridgehead atoms. The van der Waals surface area contributed by atoms with Crippen LogP contribution in [0.25, 0.3) is 0 Å². The van der Waals surface area contributed by atoms with E-state index in [9.17, 15) is 0 Å². The Morgan fingerprint density at radius 1 is 0.952 bits per heavy atom. The second-order valence-corrected chi connectivity index (χ2v) is 6.93. The minimum atomic E-state index is 0.307. The van der Waals surface area contributed by atoms with Crippen LogP contribution >= 0.6 is 15.9 Å². The van der Waals surface area contributed by atoms with E-state index in [1.807, 2.05) is 12.1 Å². The Hall–Kier alpha value is -1.28. The number of hydrogen-bond donors (Lipinski definition) is 0. The quantitative estimate of drug-likeness (QED) is 0.621. The molecular formula is C19H23BrO. The number of halogens is 1. The largest absolute Gasteiger partial charge is 0.496 e. The average Bonchev–Trinajstić information content (AvgIpc) is 2.48. The molecule has 0 radical (unpaired) electrons. The van der Waals surface area contributed by atoms with E-state index in [1.54, 1.807) is 7.11 Å². The summed E-state index contributed by atoms with van der Waals surface area (Å²) < 4.78 is 5.42. The second-order valence-electron chi connectivity index (χ2n) is 5.82. The van der Waals surface area contributed by atoms with Crippen LogP contribution in [0.3, 0.4) is 0 Å². The zero-order valence-corrected chi connectivity index (χ0v) is 14.6. The number of benzene rings is 2. The van der Waals surface area contributed by atoms with Crippen molar-refractivity contribution in [1.82, 2.24) is 0 Å². The van der Waals surface area contributed by atoms with Gasteiger partial charge in [0.15, 0.2) is 0 Å². The van der Waals surface area contributed by atoms with Gasteiger partial charge in [-0.25, -0.2) is 0 Å². The van der Waals surface area contributed by atoms with Crippen LogP contribution in [-0.2, 0) is 12.8 Å². The molecule has 0 N–H and O–H groups in total. The van der Waals surface area contributed by atoms with E-state index in [4.69, 9.17) is 4.74 Å². The maximum absolute atomic E-state index is 5.42. The molecule has 0 spiro atoms. The zero-order valence-electron chi connectivity index (χ0n) is 13.0. The molecule has 21 heavy (non-hydrogen) atoms. The highest BCUT2D eigenvalue weighted by Gasteiger charge is 2.11. The summed E-state index contributed by atoms with van der Waals surface area (Å²) in [4.78, 5) is 0.307. The Labute approximate surface area is 136 Å².